The molecule has 0 aromatic carbocycles. The molecule has 0 aliphatic rings. The monoisotopic (exact) mass is 197 g/mol. The van der Waals surface area contributed by atoms with Crippen LogP contribution in [0.1, 0.15) is 11.8 Å². The van der Waals surface area contributed by atoms with Crippen LogP contribution in [0.2, 0.25) is 5.22 Å². The highest BCUT2D eigenvalue weighted by Gasteiger charge is 2.07. The highest BCUT2D eigenvalue weighted by Crippen LogP contribution is 2.17. The highest BCUT2D eigenvalue weighted by atomic mass is 35.5. The number of halogens is 2. The third kappa shape index (κ3) is 2.71. The molecule has 1 heterocycles. The SMILES string of the molecule is Cl.N[C@@H](CO)c1ccc(Cl)o1. The van der Waals surface area contributed by atoms with Gasteiger partial charge in [0.1, 0.15) is 5.76 Å². The van der Waals surface area contributed by atoms with Crippen molar-refractivity contribution in [2.45, 2.75) is 6.04 Å². The lowest BCUT2D eigenvalue weighted by Crippen LogP contribution is -2.13. The van der Waals surface area contributed by atoms with Gasteiger partial charge in [0.05, 0.1) is 12.6 Å². The first-order valence-corrected chi connectivity index (χ1v) is 3.23. The first kappa shape index (κ1) is 10.8. The molecule has 0 unspecified atom stereocenters. The largest absolute Gasteiger partial charge is 0.448 e. The van der Waals surface area contributed by atoms with Crippen molar-refractivity contribution in [3.63, 3.8) is 0 Å². The molecule has 0 saturated carbocycles. The first-order valence-electron chi connectivity index (χ1n) is 2.85. The van der Waals surface area contributed by atoms with Crippen molar-refractivity contribution in [2.75, 3.05) is 6.61 Å². The summed E-state index contributed by atoms with van der Waals surface area (Å²) in [6.45, 7) is -0.135. The van der Waals surface area contributed by atoms with Gasteiger partial charge >= 0.3 is 0 Å². The summed E-state index contributed by atoms with van der Waals surface area (Å²) in [6, 6.07) is 2.77. The Balaban J connectivity index is 0.000001000. The topological polar surface area (TPSA) is 59.4 Å². The standard InChI is InChI=1S/C6H8ClNO2.ClH/c7-6-2-1-5(10-6)4(8)3-9;/h1-2,4,9H,3,8H2;1H/t4-;/m0./s1. The maximum atomic E-state index is 8.57. The van der Waals surface area contributed by atoms with Gasteiger partial charge in [0.15, 0.2) is 5.22 Å². The molecule has 1 aromatic heterocycles. The number of furan rings is 1. The zero-order valence-corrected chi connectivity index (χ0v) is 7.23. The maximum Gasteiger partial charge on any atom is 0.193 e. The average molecular weight is 198 g/mol. The molecule has 64 valence electrons. The van der Waals surface area contributed by atoms with Gasteiger partial charge in [-0.05, 0) is 23.7 Å². The zero-order chi connectivity index (χ0) is 7.56. The molecule has 0 bridgehead atoms. The summed E-state index contributed by atoms with van der Waals surface area (Å²) in [7, 11) is 0. The van der Waals surface area contributed by atoms with Crippen LogP contribution in [-0.2, 0) is 0 Å². The molecule has 3 N–H and O–H groups in total. The van der Waals surface area contributed by atoms with Crippen LogP contribution in [0.15, 0.2) is 16.5 Å². The Morgan fingerprint density at radius 2 is 2.27 bits per heavy atom. The molecule has 11 heavy (non-hydrogen) atoms. The Bertz CT molecular complexity index is 214. The van der Waals surface area contributed by atoms with Crippen molar-refractivity contribution >= 4 is 24.0 Å². The zero-order valence-electron chi connectivity index (χ0n) is 5.66. The predicted octanol–water partition coefficient (Wildman–Crippen LogP) is 1.35. The smallest absolute Gasteiger partial charge is 0.193 e. The van der Waals surface area contributed by atoms with E-state index < -0.39 is 6.04 Å². The molecular weight excluding hydrogens is 189 g/mol. The molecule has 0 aliphatic heterocycles. The van der Waals surface area contributed by atoms with Gasteiger partial charge in [-0.3, -0.25) is 0 Å². The predicted molar refractivity (Wildman–Crippen MR) is 45.0 cm³/mol. The van der Waals surface area contributed by atoms with Crippen LogP contribution in [0.25, 0.3) is 0 Å². The molecule has 1 rings (SSSR count). The molecule has 3 nitrogen and oxygen atoms in total. The quantitative estimate of drug-likeness (QED) is 0.753. The molecular formula is C6H9Cl2NO2. The van der Waals surface area contributed by atoms with Crippen molar-refractivity contribution in [2.24, 2.45) is 5.73 Å². The van der Waals surface area contributed by atoms with Crippen molar-refractivity contribution in [1.82, 2.24) is 0 Å². The second-order valence-corrected chi connectivity index (χ2v) is 2.30. The summed E-state index contributed by atoms with van der Waals surface area (Å²) >= 11 is 5.46. The van der Waals surface area contributed by atoms with E-state index in [4.69, 9.17) is 26.9 Å². The van der Waals surface area contributed by atoms with Crippen LogP contribution in [0.4, 0.5) is 0 Å². The van der Waals surface area contributed by atoms with Gasteiger partial charge < -0.3 is 15.3 Å². The molecule has 0 radical (unpaired) electrons. The number of hydrogen-bond donors (Lipinski definition) is 2. The van der Waals surface area contributed by atoms with E-state index in [1.807, 2.05) is 0 Å². The lowest BCUT2D eigenvalue weighted by molar-refractivity contribution is 0.252. The number of rotatable bonds is 2. The van der Waals surface area contributed by atoms with Crippen LogP contribution in [0.3, 0.4) is 0 Å². The summed E-state index contributed by atoms with van der Waals surface area (Å²) in [6.07, 6.45) is 0. The molecule has 0 spiro atoms. The highest BCUT2D eigenvalue weighted by molar-refractivity contribution is 6.28. The summed E-state index contributed by atoms with van der Waals surface area (Å²) < 4.78 is 4.92. The van der Waals surface area contributed by atoms with Gasteiger partial charge in [0, 0.05) is 0 Å². The normalized spacial score (nSPS) is 12.3. The fourth-order valence-electron chi connectivity index (χ4n) is 0.618. The van der Waals surface area contributed by atoms with Gasteiger partial charge in [-0.1, -0.05) is 0 Å². The number of nitrogens with two attached hydrogens (primary N) is 1. The molecule has 5 heteroatoms. The fraction of sp³-hybridized carbons (Fsp3) is 0.333. The van der Waals surface area contributed by atoms with Crippen LogP contribution in [0, 0.1) is 0 Å². The minimum Gasteiger partial charge on any atom is -0.448 e. The Labute approximate surface area is 75.5 Å². The molecule has 0 aliphatic carbocycles. The van der Waals surface area contributed by atoms with Gasteiger partial charge in [0.25, 0.3) is 0 Å². The molecule has 0 saturated heterocycles. The van der Waals surface area contributed by atoms with E-state index in [0.29, 0.717) is 11.0 Å². The van der Waals surface area contributed by atoms with Crippen molar-refractivity contribution in [1.29, 1.82) is 0 Å². The van der Waals surface area contributed by atoms with E-state index >= 15 is 0 Å². The lowest BCUT2D eigenvalue weighted by Gasteiger charge is -2.01. The summed E-state index contributed by atoms with van der Waals surface area (Å²) in [5.74, 6) is 0.507. The van der Waals surface area contributed by atoms with Crippen molar-refractivity contribution < 1.29 is 9.52 Å². The molecule has 1 atom stereocenters. The summed E-state index contributed by atoms with van der Waals surface area (Å²) in [5, 5.41) is 8.86. The molecule has 0 amide bonds. The minimum atomic E-state index is -0.465. The number of hydrogen-bond acceptors (Lipinski definition) is 3. The van der Waals surface area contributed by atoms with Gasteiger partial charge in [-0.2, -0.15) is 0 Å². The van der Waals surface area contributed by atoms with E-state index in [1.54, 1.807) is 12.1 Å². The average Bonchev–Trinajstić information content (AvgIpc) is 2.34. The first-order chi connectivity index (χ1) is 4.74. The van der Waals surface area contributed by atoms with E-state index in [1.165, 1.54) is 0 Å². The second kappa shape index (κ2) is 4.62. The second-order valence-electron chi connectivity index (χ2n) is 1.93. The Hall–Kier alpha value is -0.220. The number of aliphatic hydroxyl groups excluding tert-OH is 1. The van der Waals surface area contributed by atoms with Crippen LogP contribution in [0.5, 0.6) is 0 Å². The molecule has 1 aromatic rings. The minimum absolute atomic E-state index is 0. The van der Waals surface area contributed by atoms with Crippen LogP contribution >= 0.6 is 24.0 Å². The van der Waals surface area contributed by atoms with Gasteiger partial charge in [-0.15, -0.1) is 12.4 Å². The maximum absolute atomic E-state index is 8.57. The third-order valence-corrected chi connectivity index (χ3v) is 1.36. The fourth-order valence-corrected chi connectivity index (χ4v) is 0.770. The van der Waals surface area contributed by atoms with E-state index in [0.717, 1.165) is 0 Å². The van der Waals surface area contributed by atoms with Gasteiger partial charge in [0.2, 0.25) is 0 Å². The van der Waals surface area contributed by atoms with Crippen LogP contribution < -0.4 is 5.73 Å². The van der Waals surface area contributed by atoms with Gasteiger partial charge in [-0.25, -0.2) is 0 Å². The lowest BCUT2D eigenvalue weighted by atomic mass is 10.2. The summed E-state index contributed by atoms with van der Waals surface area (Å²) in [5.41, 5.74) is 5.41. The third-order valence-electron chi connectivity index (χ3n) is 1.16. The Kier molecular flexibility index (Phi) is 4.52. The summed E-state index contributed by atoms with van der Waals surface area (Å²) in [4.78, 5) is 0. The molecule has 0 fully saturated rings. The van der Waals surface area contributed by atoms with E-state index in [-0.39, 0.29) is 19.0 Å². The van der Waals surface area contributed by atoms with Crippen molar-refractivity contribution in [3.05, 3.63) is 23.1 Å². The van der Waals surface area contributed by atoms with Crippen LogP contribution in [-0.4, -0.2) is 11.7 Å². The Morgan fingerprint density at radius 1 is 1.64 bits per heavy atom. The van der Waals surface area contributed by atoms with E-state index in [9.17, 15) is 0 Å². The van der Waals surface area contributed by atoms with E-state index in [2.05, 4.69) is 0 Å². The Morgan fingerprint density at radius 3 is 2.64 bits per heavy atom. The number of aliphatic hydroxyl groups is 1. The van der Waals surface area contributed by atoms with Crippen molar-refractivity contribution in [3.8, 4) is 0 Å².